The Bertz CT molecular complexity index is 978. The monoisotopic (exact) mass is 435 g/mol. The van der Waals surface area contributed by atoms with Crippen LogP contribution in [0.1, 0.15) is 47.8 Å². The molecule has 1 fully saturated rings. The van der Waals surface area contributed by atoms with E-state index in [1.54, 1.807) is 16.2 Å². The molecule has 0 radical (unpaired) electrons. The van der Waals surface area contributed by atoms with Gasteiger partial charge in [0.2, 0.25) is 0 Å². The first kappa shape index (κ1) is 21.8. The Hall–Kier alpha value is -1.86. The molecule has 1 unspecified atom stereocenters. The van der Waals surface area contributed by atoms with Crippen molar-refractivity contribution in [3.63, 3.8) is 0 Å². The first-order chi connectivity index (χ1) is 13.7. The Morgan fingerprint density at radius 1 is 1.28 bits per heavy atom. The third-order valence-electron chi connectivity index (χ3n) is 5.39. The first-order valence-electron chi connectivity index (χ1n) is 9.92. The van der Waals surface area contributed by atoms with Crippen molar-refractivity contribution in [3.05, 3.63) is 51.2 Å². The van der Waals surface area contributed by atoms with Crippen LogP contribution in [-0.2, 0) is 21.2 Å². The molecule has 0 N–H and O–H groups in total. The van der Waals surface area contributed by atoms with Gasteiger partial charge in [0, 0.05) is 10.9 Å². The summed E-state index contributed by atoms with van der Waals surface area (Å²) in [5.41, 5.74) is 3.26. The largest absolute Gasteiger partial charge is 0.483 e. The Morgan fingerprint density at radius 3 is 2.62 bits per heavy atom. The molecule has 0 spiro atoms. The van der Waals surface area contributed by atoms with Gasteiger partial charge in [-0.15, -0.1) is 11.3 Å². The first-order valence-corrected chi connectivity index (χ1v) is 12.6. The SMILES string of the molecule is Cc1ccc(C(C)C)c(OCC(=O)N(Cc2sccc2C)C2CCS(=O)(=O)C2)c1. The van der Waals surface area contributed by atoms with E-state index < -0.39 is 9.84 Å². The van der Waals surface area contributed by atoms with E-state index in [-0.39, 0.29) is 36.0 Å². The smallest absolute Gasteiger partial charge is 0.261 e. The van der Waals surface area contributed by atoms with Gasteiger partial charge in [-0.2, -0.15) is 0 Å². The molecule has 1 aromatic heterocycles. The van der Waals surface area contributed by atoms with Crippen LogP contribution in [-0.4, -0.2) is 43.4 Å². The van der Waals surface area contributed by atoms with Crippen molar-refractivity contribution in [1.29, 1.82) is 0 Å². The molecule has 0 saturated carbocycles. The van der Waals surface area contributed by atoms with E-state index in [2.05, 4.69) is 13.8 Å². The Labute approximate surface area is 177 Å². The van der Waals surface area contributed by atoms with Crippen LogP contribution in [0.25, 0.3) is 0 Å². The highest BCUT2D eigenvalue weighted by Crippen LogP contribution is 2.28. The van der Waals surface area contributed by atoms with E-state index in [1.807, 2.05) is 43.5 Å². The summed E-state index contributed by atoms with van der Waals surface area (Å²) in [4.78, 5) is 15.9. The van der Waals surface area contributed by atoms with Crippen LogP contribution in [0.2, 0.25) is 0 Å². The Balaban J connectivity index is 1.78. The third kappa shape index (κ3) is 5.39. The molecule has 5 nitrogen and oxygen atoms in total. The zero-order chi connectivity index (χ0) is 21.2. The highest BCUT2D eigenvalue weighted by Gasteiger charge is 2.35. The molecule has 29 heavy (non-hydrogen) atoms. The van der Waals surface area contributed by atoms with E-state index in [1.165, 1.54) is 0 Å². The number of benzene rings is 1. The molecule has 1 aliphatic rings. The standard InChI is InChI=1S/C22H29NO4S2/c1-15(2)19-6-5-16(3)11-20(19)27-13-22(24)23(12-21-17(4)7-9-28-21)18-8-10-29(25,26)14-18/h5-7,9,11,15,18H,8,10,12-14H2,1-4H3. The second kappa shape index (κ2) is 8.88. The summed E-state index contributed by atoms with van der Waals surface area (Å²) in [5, 5.41) is 2.00. The van der Waals surface area contributed by atoms with Crippen molar-refractivity contribution >= 4 is 27.1 Å². The molecule has 158 valence electrons. The molecule has 0 aliphatic carbocycles. The third-order valence-corrected chi connectivity index (χ3v) is 8.15. The molecule has 2 aromatic rings. The van der Waals surface area contributed by atoms with Gasteiger partial charge in [-0.3, -0.25) is 4.79 Å². The van der Waals surface area contributed by atoms with Crippen molar-refractivity contribution in [2.45, 2.75) is 52.6 Å². The van der Waals surface area contributed by atoms with Crippen molar-refractivity contribution in [1.82, 2.24) is 4.90 Å². The van der Waals surface area contributed by atoms with E-state index in [9.17, 15) is 13.2 Å². The second-order valence-corrected chi connectivity index (χ2v) is 11.3. The van der Waals surface area contributed by atoms with Crippen LogP contribution in [0, 0.1) is 13.8 Å². The fraction of sp³-hybridized carbons (Fsp3) is 0.500. The number of thiophene rings is 1. The van der Waals surface area contributed by atoms with E-state index in [0.717, 1.165) is 27.3 Å². The van der Waals surface area contributed by atoms with Crippen LogP contribution >= 0.6 is 11.3 Å². The lowest BCUT2D eigenvalue weighted by Gasteiger charge is -2.28. The van der Waals surface area contributed by atoms with Crippen LogP contribution < -0.4 is 4.74 Å². The summed E-state index contributed by atoms with van der Waals surface area (Å²) >= 11 is 1.59. The van der Waals surface area contributed by atoms with Crippen LogP contribution in [0.4, 0.5) is 0 Å². The number of hydrogen-bond donors (Lipinski definition) is 0. The topological polar surface area (TPSA) is 63.7 Å². The van der Waals surface area contributed by atoms with Gasteiger partial charge >= 0.3 is 0 Å². The minimum Gasteiger partial charge on any atom is -0.483 e. The number of hydrogen-bond acceptors (Lipinski definition) is 5. The number of carbonyl (C=O) groups is 1. The minimum atomic E-state index is -3.09. The normalized spacial score (nSPS) is 18.2. The number of ether oxygens (including phenoxy) is 1. The fourth-order valence-corrected chi connectivity index (χ4v) is 6.26. The van der Waals surface area contributed by atoms with Gasteiger partial charge in [-0.05, 0) is 60.4 Å². The fourth-order valence-electron chi connectivity index (χ4n) is 3.63. The van der Waals surface area contributed by atoms with Gasteiger partial charge in [-0.1, -0.05) is 26.0 Å². The molecule has 1 saturated heterocycles. The van der Waals surface area contributed by atoms with Crippen molar-refractivity contribution in [2.24, 2.45) is 0 Å². The number of amides is 1. The van der Waals surface area contributed by atoms with Gasteiger partial charge < -0.3 is 9.64 Å². The molecule has 1 amide bonds. The predicted octanol–water partition coefficient (Wildman–Crippen LogP) is 4.08. The van der Waals surface area contributed by atoms with Crippen LogP contribution in [0.15, 0.2) is 29.6 Å². The minimum absolute atomic E-state index is 0.0326. The maximum absolute atomic E-state index is 13.1. The summed E-state index contributed by atoms with van der Waals surface area (Å²) in [7, 11) is -3.09. The number of rotatable bonds is 7. The van der Waals surface area contributed by atoms with E-state index in [0.29, 0.717) is 13.0 Å². The lowest BCUT2D eigenvalue weighted by atomic mass is 10.0. The zero-order valence-corrected chi connectivity index (χ0v) is 19.1. The van der Waals surface area contributed by atoms with E-state index in [4.69, 9.17) is 4.74 Å². The number of carbonyl (C=O) groups excluding carboxylic acids is 1. The van der Waals surface area contributed by atoms with E-state index >= 15 is 0 Å². The van der Waals surface area contributed by atoms with Crippen molar-refractivity contribution in [2.75, 3.05) is 18.1 Å². The van der Waals surface area contributed by atoms with Gasteiger partial charge in [0.15, 0.2) is 16.4 Å². The van der Waals surface area contributed by atoms with Crippen molar-refractivity contribution in [3.8, 4) is 5.75 Å². The summed E-state index contributed by atoms with van der Waals surface area (Å²) in [5.74, 6) is 1.01. The van der Waals surface area contributed by atoms with Gasteiger partial charge in [0.1, 0.15) is 5.75 Å². The molecule has 1 atom stereocenters. The van der Waals surface area contributed by atoms with Gasteiger partial charge in [0.05, 0.1) is 18.1 Å². The maximum Gasteiger partial charge on any atom is 0.261 e. The molecule has 7 heteroatoms. The quantitative estimate of drug-likeness (QED) is 0.657. The molecule has 0 bridgehead atoms. The zero-order valence-electron chi connectivity index (χ0n) is 17.5. The van der Waals surface area contributed by atoms with Gasteiger partial charge in [0.25, 0.3) is 5.91 Å². The lowest BCUT2D eigenvalue weighted by molar-refractivity contribution is -0.135. The molecular weight excluding hydrogens is 406 g/mol. The molecule has 1 aliphatic heterocycles. The molecule has 2 heterocycles. The Morgan fingerprint density at radius 2 is 2.03 bits per heavy atom. The highest BCUT2D eigenvalue weighted by atomic mass is 32.2. The summed E-state index contributed by atoms with van der Waals surface area (Å²) in [6.07, 6.45) is 0.486. The van der Waals surface area contributed by atoms with Crippen LogP contribution in [0.5, 0.6) is 5.75 Å². The maximum atomic E-state index is 13.1. The predicted molar refractivity (Wildman–Crippen MR) is 117 cm³/mol. The molecule has 1 aromatic carbocycles. The number of aryl methyl sites for hydroxylation is 2. The number of sulfone groups is 1. The summed E-state index contributed by atoms with van der Waals surface area (Å²) in [6, 6.07) is 7.76. The second-order valence-electron chi connectivity index (χ2n) is 8.09. The average molecular weight is 436 g/mol. The molecule has 3 rings (SSSR count). The van der Waals surface area contributed by atoms with Crippen molar-refractivity contribution < 1.29 is 17.9 Å². The highest BCUT2D eigenvalue weighted by molar-refractivity contribution is 7.91. The summed E-state index contributed by atoms with van der Waals surface area (Å²) in [6.45, 7) is 8.52. The summed E-state index contributed by atoms with van der Waals surface area (Å²) < 4.78 is 30.0. The van der Waals surface area contributed by atoms with Gasteiger partial charge in [-0.25, -0.2) is 8.42 Å². The lowest BCUT2D eigenvalue weighted by Crippen LogP contribution is -2.43. The number of nitrogens with zero attached hydrogens (tertiary/aromatic N) is 1. The average Bonchev–Trinajstić information content (AvgIpc) is 3.22. The molecular formula is C22H29NO4S2. The Kier molecular flexibility index (Phi) is 6.69. The van der Waals surface area contributed by atoms with Crippen LogP contribution in [0.3, 0.4) is 0 Å².